The molecule has 1 unspecified atom stereocenters. The van der Waals surface area contributed by atoms with Gasteiger partial charge in [-0.1, -0.05) is 23.7 Å². The van der Waals surface area contributed by atoms with Gasteiger partial charge in [-0.25, -0.2) is 0 Å². The number of carboxylic acid groups (broad SMARTS) is 1. The predicted molar refractivity (Wildman–Crippen MR) is 89.8 cm³/mol. The van der Waals surface area contributed by atoms with Crippen LogP contribution in [0, 0.1) is 11.8 Å². The number of nitrogens with zero attached hydrogens (tertiary/aromatic N) is 1. The van der Waals surface area contributed by atoms with Crippen LogP contribution in [-0.2, 0) is 14.3 Å². The summed E-state index contributed by atoms with van der Waals surface area (Å²) in [4.78, 5) is 25.7. The van der Waals surface area contributed by atoms with Crippen LogP contribution in [0.1, 0.15) is 37.4 Å². The zero-order valence-corrected chi connectivity index (χ0v) is 14.2. The van der Waals surface area contributed by atoms with Gasteiger partial charge < -0.3 is 14.7 Å². The van der Waals surface area contributed by atoms with Crippen LogP contribution in [0.5, 0.6) is 0 Å². The molecule has 1 aromatic carbocycles. The van der Waals surface area contributed by atoms with Crippen molar-refractivity contribution in [3.05, 3.63) is 34.9 Å². The Hall–Kier alpha value is -1.59. The summed E-state index contributed by atoms with van der Waals surface area (Å²) >= 11 is 5.92. The highest BCUT2D eigenvalue weighted by molar-refractivity contribution is 6.30. The number of aliphatic carboxylic acids is 1. The van der Waals surface area contributed by atoms with E-state index in [1.165, 1.54) is 0 Å². The summed E-state index contributed by atoms with van der Waals surface area (Å²) in [6.07, 6.45) is 2.39. The fourth-order valence-corrected chi connectivity index (χ4v) is 3.70. The largest absolute Gasteiger partial charge is 0.481 e. The first kappa shape index (κ1) is 17.2. The van der Waals surface area contributed by atoms with Crippen molar-refractivity contribution in [2.75, 3.05) is 19.7 Å². The quantitative estimate of drug-likeness (QED) is 0.908. The summed E-state index contributed by atoms with van der Waals surface area (Å²) in [6.45, 7) is 1.66. The molecule has 1 saturated carbocycles. The van der Waals surface area contributed by atoms with Gasteiger partial charge in [-0.3, -0.25) is 9.59 Å². The van der Waals surface area contributed by atoms with Gasteiger partial charge in [0.15, 0.2) is 0 Å². The number of hydrogen-bond acceptors (Lipinski definition) is 3. The number of amides is 1. The third kappa shape index (κ3) is 3.90. The SMILES string of the molecule is O=C(O)C1CCC(C(=O)N2CCOC(c3ccc(Cl)cc3)C2)CC1. The van der Waals surface area contributed by atoms with E-state index < -0.39 is 5.97 Å². The van der Waals surface area contributed by atoms with Gasteiger partial charge in [0.05, 0.1) is 19.1 Å². The van der Waals surface area contributed by atoms with E-state index in [1.54, 1.807) is 0 Å². The Morgan fingerprint density at radius 1 is 1.08 bits per heavy atom. The lowest BCUT2D eigenvalue weighted by Crippen LogP contribution is -2.45. The Labute approximate surface area is 146 Å². The van der Waals surface area contributed by atoms with E-state index in [4.69, 9.17) is 21.4 Å². The molecule has 5 nitrogen and oxygen atoms in total. The molecule has 1 aliphatic heterocycles. The van der Waals surface area contributed by atoms with Crippen LogP contribution in [0.3, 0.4) is 0 Å². The van der Waals surface area contributed by atoms with Crippen molar-refractivity contribution in [3.63, 3.8) is 0 Å². The molecule has 1 aromatic rings. The first-order chi connectivity index (χ1) is 11.5. The smallest absolute Gasteiger partial charge is 0.306 e. The molecule has 0 radical (unpaired) electrons. The summed E-state index contributed by atoms with van der Waals surface area (Å²) in [6, 6.07) is 7.51. The maximum Gasteiger partial charge on any atom is 0.306 e. The molecule has 1 N–H and O–H groups in total. The third-order valence-electron chi connectivity index (χ3n) is 5.05. The van der Waals surface area contributed by atoms with Gasteiger partial charge in [0.1, 0.15) is 6.10 Å². The minimum atomic E-state index is -0.741. The third-order valence-corrected chi connectivity index (χ3v) is 5.30. The molecular weight excluding hydrogens is 330 g/mol. The lowest BCUT2D eigenvalue weighted by molar-refractivity contribution is -0.148. The Bertz CT molecular complexity index is 596. The molecule has 24 heavy (non-hydrogen) atoms. The number of carbonyl (C=O) groups is 2. The minimum Gasteiger partial charge on any atom is -0.481 e. The number of carbonyl (C=O) groups excluding carboxylic acids is 1. The van der Waals surface area contributed by atoms with E-state index in [9.17, 15) is 9.59 Å². The average molecular weight is 352 g/mol. The molecule has 1 saturated heterocycles. The van der Waals surface area contributed by atoms with Crippen molar-refractivity contribution in [1.29, 1.82) is 0 Å². The first-order valence-electron chi connectivity index (χ1n) is 8.43. The van der Waals surface area contributed by atoms with E-state index in [0.717, 1.165) is 5.56 Å². The molecule has 1 atom stereocenters. The van der Waals surface area contributed by atoms with Crippen LogP contribution in [0.15, 0.2) is 24.3 Å². The topological polar surface area (TPSA) is 66.8 Å². The van der Waals surface area contributed by atoms with Crippen LogP contribution in [-0.4, -0.2) is 41.6 Å². The molecule has 130 valence electrons. The molecule has 0 bridgehead atoms. The van der Waals surface area contributed by atoms with Gasteiger partial charge in [0, 0.05) is 17.5 Å². The van der Waals surface area contributed by atoms with Crippen molar-refractivity contribution in [2.45, 2.75) is 31.8 Å². The summed E-state index contributed by atoms with van der Waals surface area (Å²) in [5.74, 6) is -0.943. The van der Waals surface area contributed by atoms with Gasteiger partial charge in [0.25, 0.3) is 0 Å². The molecule has 1 aliphatic carbocycles. The van der Waals surface area contributed by atoms with Gasteiger partial charge in [-0.15, -0.1) is 0 Å². The molecule has 3 rings (SSSR count). The molecular formula is C18H22ClNO4. The number of carboxylic acids is 1. The number of rotatable bonds is 3. The Morgan fingerprint density at radius 3 is 2.33 bits per heavy atom. The molecule has 0 spiro atoms. The fourth-order valence-electron chi connectivity index (χ4n) is 3.57. The maximum absolute atomic E-state index is 12.8. The lowest BCUT2D eigenvalue weighted by Gasteiger charge is -2.36. The minimum absolute atomic E-state index is 0.0513. The Kier molecular flexibility index (Phi) is 5.41. The number of morpholine rings is 1. The summed E-state index contributed by atoms with van der Waals surface area (Å²) in [5, 5.41) is 9.75. The maximum atomic E-state index is 12.8. The van der Waals surface area contributed by atoms with Crippen LogP contribution in [0.2, 0.25) is 5.02 Å². The number of ether oxygens (including phenoxy) is 1. The molecule has 2 aliphatic rings. The van der Waals surface area contributed by atoms with Gasteiger partial charge in [0.2, 0.25) is 5.91 Å². The number of halogens is 1. The van der Waals surface area contributed by atoms with Crippen molar-refractivity contribution in [2.24, 2.45) is 11.8 Å². The highest BCUT2D eigenvalue weighted by atomic mass is 35.5. The normalized spacial score (nSPS) is 27.7. The predicted octanol–water partition coefficient (Wildman–Crippen LogP) is 3.13. The molecule has 6 heteroatoms. The highest BCUT2D eigenvalue weighted by Gasteiger charge is 2.34. The summed E-state index contributed by atoms with van der Waals surface area (Å²) < 4.78 is 5.81. The summed E-state index contributed by atoms with van der Waals surface area (Å²) in [7, 11) is 0. The summed E-state index contributed by atoms with van der Waals surface area (Å²) in [5.41, 5.74) is 1.02. The van der Waals surface area contributed by atoms with Crippen LogP contribution in [0.25, 0.3) is 0 Å². The molecule has 0 aromatic heterocycles. The fraction of sp³-hybridized carbons (Fsp3) is 0.556. The van der Waals surface area contributed by atoms with Crippen molar-refractivity contribution in [3.8, 4) is 0 Å². The number of benzene rings is 1. The van der Waals surface area contributed by atoms with Gasteiger partial charge in [-0.05, 0) is 43.4 Å². The second kappa shape index (κ2) is 7.53. The van der Waals surface area contributed by atoms with E-state index in [2.05, 4.69) is 0 Å². The van der Waals surface area contributed by atoms with Crippen molar-refractivity contribution >= 4 is 23.5 Å². The first-order valence-corrected chi connectivity index (χ1v) is 8.81. The zero-order chi connectivity index (χ0) is 17.1. The second-order valence-corrected chi connectivity index (χ2v) is 7.02. The molecule has 1 amide bonds. The van der Waals surface area contributed by atoms with E-state index in [1.807, 2.05) is 29.2 Å². The Balaban J connectivity index is 1.59. The van der Waals surface area contributed by atoms with Crippen molar-refractivity contribution in [1.82, 2.24) is 4.90 Å². The lowest BCUT2D eigenvalue weighted by atomic mass is 9.81. The Morgan fingerprint density at radius 2 is 1.71 bits per heavy atom. The van der Waals surface area contributed by atoms with E-state index >= 15 is 0 Å². The molecule has 2 fully saturated rings. The standard InChI is InChI=1S/C18H22ClNO4/c19-15-7-5-12(6-8-15)16-11-20(9-10-24-16)17(21)13-1-3-14(4-2-13)18(22)23/h5-8,13-14,16H,1-4,9-11H2,(H,22,23). The van der Waals surface area contributed by atoms with E-state index in [0.29, 0.717) is 50.4 Å². The monoisotopic (exact) mass is 351 g/mol. The highest BCUT2D eigenvalue weighted by Crippen LogP contribution is 2.32. The zero-order valence-electron chi connectivity index (χ0n) is 13.5. The van der Waals surface area contributed by atoms with Crippen LogP contribution in [0.4, 0.5) is 0 Å². The average Bonchev–Trinajstić information content (AvgIpc) is 2.62. The van der Waals surface area contributed by atoms with Gasteiger partial charge in [-0.2, -0.15) is 0 Å². The van der Waals surface area contributed by atoms with Crippen LogP contribution >= 0.6 is 11.6 Å². The van der Waals surface area contributed by atoms with E-state index in [-0.39, 0.29) is 23.8 Å². The van der Waals surface area contributed by atoms with Crippen LogP contribution < -0.4 is 0 Å². The molecule has 1 heterocycles. The second-order valence-electron chi connectivity index (χ2n) is 6.58. The van der Waals surface area contributed by atoms with Gasteiger partial charge >= 0.3 is 5.97 Å². The van der Waals surface area contributed by atoms with Crippen molar-refractivity contribution < 1.29 is 19.4 Å². The number of hydrogen-bond donors (Lipinski definition) is 1.